The van der Waals surface area contributed by atoms with Gasteiger partial charge in [0.2, 0.25) is 0 Å². The third-order valence-corrected chi connectivity index (χ3v) is 7.08. The van der Waals surface area contributed by atoms with Crippen LogP contribution in [0.3, 0.4) is 0 Å². The van der Waals surface area contributed by atoms with Crippen LogP contribution in [-0.2, 0) is 4.74 Å². The molecule has 0 saturated carbocycles. The molecule has 0 unspecified atom stereocenters. The van der Waals surface area contributed by atoms with Crippen molar-refractivity contribution in [1.82, 2.24) is 4.90 Å². The Morgan fingerprint density at radius 2 is 1.69 bits per heavy atom. The molecular formula is C24H33N5O2S. The van der Waals surface area contributed by atoms with Crippen LogP contribution < -0.4 is 21.3 Å². The molecule has 2 aromatic carbocycles. The molecule has 0 amide bonds. The second-order valence-corrected chi connectivity index (χ2v) is 9.15. The standard InChI is InChI=1S/C24H33N5O2S/c1-2-31-24(30)18-4-6-20-22(16-18)32-23-17-19(5-7-21(23)29(20)10-3-8-25)28-14-12-27(11-9-26)13-15-28/h4-7,16-17H,2-3,8-15,25-26H2,1H3. The number of carbonyl (C=O) groups is 1. The van der Waals surface area contributed by atoms with Crippen LogP contribution in [0.5, 0.6) is 0 Å². The number of rotatable bonds is 8. The highest BCUT2D eigenvalue weighted by Crippen LogP contribution is 2.49. The van der Waals surface area contributed by atoms with Crippen molar-refractivity contribution in [2.24, 2.45) is 11.5 Å². The largest absolute Gasteiger partial charge is 0.462 e. The summed E-state index contributed by atoms with van der Waals surface area (Å²) >= 11 is 1.72. The molecule has 0 aliphatic carbocycles. The molecule has 2 aliphatic heterocycles. The molecule has 4 rings (SSSR count). The highest BCUT2D eigenvalue weighted by molar-refractivity contribution is 7.99. The normalized spacial score (nSPS) is 16.0. The number of carbonyl (C=O) groups excluding carboxylic acids is 1. The summed E-state index contributed by atoms with van der Waals surface area (Å²) in [5.41, 5.74) is 15.7. The summed E-state index contributed by atoms with van der Waals surface area (Å²) in [4.78, 5) is 21.8. The minimum atomic E-state index is -0.278. The second-order valence-electron chi connectivity index (χ2n) is 8.07. The number of hydrogen-bond donors (Lipinski definition) is 2. The molecule has 2 aromatic rings. The van der Waals surface area contributed by atoms with E-state index < -0.39 is 0 Å². The maximum Gasteiger partial charge on any atom is 0.338 e. The fourth-order valence-corrected chi connectivity index (χ4v) is 5.48. The van der Waals surface area contributed by atoms with Crippen LogP contribution in [0.4, 0.5) is 17.1 Å². The lowest BCUT2D eigenvalue weighted by Crippen LogP contribution is -2.47. The van der Waals surface area contributed by atoms with E-state index in [-0.39, 0.29) is 5.97 Å². The van der Waals surface area contributed by atoms with Gasteiger partial charge >= 0.3 is 5.97 Å². The molecule has 0 aromatic heterocycles. The molecular weight excluding hydrogens is 422 g/mol. The number of benzene rings is 2. The molecule has 4 N–H and O–H groups in total. The third-order valence-electron chi connectivity index (χ3n) is 5.98. The summed E-state index contributed by atoms with van der Waals surface area (Å²) in [6.45, 7) is 9.43. The van der Waals surface area contributed by atoms with Gasteiger partial charge in [-0.25, -0.2) is 4.79 Å². The van der Waals surface area contributed by atoms with E-state index in [1.54, 1.807) is 11.8 Å². The van der Waals surface area contributed by atoms with Crippen LogP contribution in [0, 0.1) is 0 Å². The van der Waals surface area contributed by atoms with E-state index >= 15 is 0 Å². The zero-order valence-corrected chi connectivity index (χ0v) is 19.6. The Kier molecular flexibility index (Phi) is 7.57. The number of nitrogens with two attached hydrogens (primary N) is 2. The van der Waals surface area contributed by atoms with E-state index in [0.29, 0.717) is 25.3 Å². The Morgan fingerprint density at radius 1 is 0.969 bits per heavy atom. The highest BCUT2D eigenvalue weighted by Gasteiger charge is 2.26. The quantitative estimate of drug-likeness (QED) is 0.588. The molecule has 0 spiro atoms. The Balaban J connectivity index is 1.61. The van der Waals surface area contributed by atoms with Gasteiger partial charge in [0.1, 0.15) is 0 Å². The summed E-state index contributed by atoms with van der Waals surface area (Å²) in [6, 6.07) is 12.6. The lowest BCUT2D eigenvalue weighted by atomic mass is 10.1. The molecule has 2 aliphatic rings. The minimum Gasteiger partial charge on any atom is -0.462 e. The van der Waals surface area contributed by atoms with Crippen molar-refractivity contribution in [1.29, 1.82) is 0 Å². The number of hydrogen-bond acceptors (Lipinski definition) is 8. The Bertz CT molecular complexity index is 946. The van der Waals surface area contributed by atoms with Crippen molar-refractivity contribution < 1.29 is 9.53 Å². The number of anilines is 3. The van der Waals surface area contributed by atoms with Crippen molar-refractivity contribution in [3.8, 4) is 0 Å². The summed E-state index contributed by atoms with van der Waals surface area (Å²) in [6.07, 6.45) is 0.897. The first kappa shape index (κ1) is 22.9. The van der Waals surface area contributed by atoms with E-state index in [0.717, 1.165) is 56.3 Å². The zero-order valence-electron chi connectivity index (χ0n) is 18.8. The Labute approximate surface area is 194 Å². The SMILES string of the molecule is CCOC(=O)c1ccc2c(c1)Sc1cc(N3CCN(CCN)CC3)ccc1N2CCCN. The molecule has 8 heteroatoms. The summed E-state index contributed by atoms with van der Waals surface area (Å²) in [5, 5.41) is 0. The predicted molar refractivity (Wildman–Crippen MR) is 131 cm³/mol. The van der Waals surface area contributed by atoms with Gasteiger partial charge in [-0.1, -0.05) is 11.8 Å². The summed E-state index contributed by atoms with van der Waals surface area (Å²) in [5.74, 6) is -0.278. The van der Waals surface area contributed by atoms with Crippen molar-refractivity contribution in [3.63, 3.8) is 0 Å². The van der Waals surface area contributed by atoms with E-state index in [9.17, 15) is 4.79 Å². The third kappa shape index (κ3) is 4.88. The number of nitrogens with zero attached hydrogens (tertiary/aromatic N) is 3. The van der Waals surface area contributed by atoms with Crippen molar-refractivity contribution in [2.75, 3.05) is 68.8 Å². The Hall–Kier alpha value is -2.26. The molecule has 32 heavy (non-hydrogen) atoms. The summed E-state index contributed by atoms with van der Waals surface area (Å²) < 4.78 is 5.21. The van der Waals surface area contributed by atoms with Gasteiger partial charge in [0, 0.05) is 61.3 Å². The summed E-state index contributed by atoms with van der Waals surface area (Å²) in [7, 11) is 0. The molecule has 172 valence electrons. The number of esters is 1. The van der Waals surface area contributed by atoms with Gasteiger partial charge in [-0.3, -0.25) is 4.90 Å². The van der Waals surface area contributed by atoms with Gasteiger partial charge in [-0.15, -0.1) is 0 Å². The smallest absolute Gasteiger partial charge is 0.338 e. The van der Waals surface area contributed by atoms with Crippen LogP contribution in [-0.4, -0.2) is 69.8 Å². The first-order valence-corrected chi connectivity index (χ1v) is 12.2. The molecule has 1 saturated heterocycles. The van der Waals surface area contributed by atoms with Gasteiger partial charge in [-0.05, 0) is 56.3 Å². The van der Waals surface area contributed by atoms with E-state index in [1.807, 2.05) is 25.1 Å². The highest BCUT2D eigenvalue weighted by atomic mass is 32.2. The predicted octanol–water partition coefficient (Wildman–Crippen LogP) is 2.90. The maximum atomic E-state index is 12.3. The fraction of sp³-hybridized carbons (Fsp3) is 0.458. The van der Waals surface area contributed by atoms with Crippen molar-refractivity contribution in [2.45, 2.75) is 23.1 Å². The van der Waals surface area contributed by atoms with Gasteiger partial charge < -0.3 is 26.0 Å². The van der Waals surface area contributed by atoms with E-state index in [2.05, 4.69) is 32.9 Å². The van der Waals surface area contributed by atoms with Crippen LogP contribution >= 0.6 is 11.8 Å². The number of fused-ring (bicyclic) bond motifs is 2. The van der Waals surface area contributed by atoms with Crippen LogP contribution in [0.1, 0.15) is 23.7 Å². The van der Waals surface area contributed by atoms with Gasteiger partial charge in [-0.2, -0.15) is 0 Å². The fourth-order valence-electron chi connectivity index (χ4n) is 4.32. The van der Waals surface area contributed by atoms with Gasteiger partial charge in [0.15, 0.2) is 0 Å². The number of piperazine rings is 1. The monoisotopic (exact) mass is 455 g/mol. The molecule has 2 heterocycles. The lowest BCUT2D eigenvalue weighted by molar-refractivity contribution is 0.0526. The van der Waals surface area contributed by atoms with Crippen molar-refractivity contribution >= 4 is 34.8 Å². The zero-order chi connectivity index (χ0) is 22.5. The minimum absolute atomic E-state index is 0.278. The van der Waals surface area contributed by atoms with Crippen LogP contribution in [0.2, 0.25) is 0 Å². The average molecular weight is 456 g/mol. The molecule has 7 nitrogen and oxygen atoms in total. The Morgan fingerprint density at radius 3 is 2.38 bits per heavy atom. The first-order chi connectivity index (χ1) is 15.6. The van der Waals surface area contributed by atoms with Crippen LogP contribution in [0.25, 0.3) is 0 Å². The van der Waals surface area contributed by atoms with E-state index in [4.69, 9.17) is 16.2 Å². The van der Waals surface area contributed by atoms with Crippen molar-refractivity contribution in [3.05, 3.63) is 42.0 Å². The van der Waals surface area contributed by atoms with Crippen LogP contribution in [0.15, 0.2) is 46.2 Å². The molecule has 1 fully saturated rings. The lowest BCUT2D eigenvalue weighted by Gasteiger charge is -2.37. The second kappa shape index (κ2) is 10.6. The molecule has 0 radical (unpaired) electrons. The topological polar surface area (TPSA) is 88.1 Å². The van der Waals surface area contributed by atoms with Gasteiger partial charge in [0.25, 0.3) is 0 Å². The van der Waals surface area contributed by atoms with Gasteiger partial charge in [0.05, 0.1) is 23.5 Å². The average Bonchev–Trinajstić information content (AvgIpc) is 2.82. The maximum absolute atomic E-state index is 12.3. The molecule has 0 bridgehead atoms. The first-order valence-electron chi connectivity index (χ1n) is 11.4. The van der Waals surface area contributed by atoms with E-state index in [1.165, 1.54) is 16.3 Å². The molecule has 0 atom stereocenters. The number of ether oxygens (including phenoxy) is 1.